The van der Waals surface area contributed by atoms with Crippen molar-refractivity contribution in [3.63, 3.8) is 0 Å². The van der Waals surface area contributed by atoms with E-state index in [0.29, 0.717) is 5.41 Å². The first-order valence-corrected chi connectivity index (χ1v) is 6.95. The SMILES string of the molecule is C[NH+]1CC[C@]2(CC[NH+](Cc3ccccc3)C2)C1. The summed E-state index contributed by atoms with van der Waals surface area (Å²) in [6.45, 7) is 6.80. The van der Waals surface area contributed by atoms with E-state index in [9.17, 15) is 0 Å². The molecule has 0 bridgehead atoms. The standard InChI is InChI=1S/C15H22N2/c1-16-9-7-15(12-16)8-10-17(13-15)11-14-5-3-2-4-6-14/h2-6H,7-13H2,1H3/p+2/t15-/m0/s1. The average Bonchev–Trinajstić information content (AvgIpc) is 2.88. The molecular formula is C15H24N2+2. The van der Waals surface area contributed by atoms with Crippen molar-refractivity contribution in [3.05, 3.63) is 35.9 Å². The Kier molecular flexibility index (Phi) is 2.93. The van der Waals surface area contributed by atoms with Gasteiger partial charge in [-0.25, -0.2) is 0 Å². The Bertz CT molecular complexity index is 376. The number of likely N-dealkylation sites (tertiary alicyclic amines) is 2. The summed E-state index contributed by atoms with van der Waals surface area (Å²) in [6, 6.07) is 11.0. The van der Waals surface area contributed by atoms with Gasteiger partial charge in [-0.3, -0.25) is 0 Å². The summed E-state index contributed by atoms with van der Waals surface area (Å²) in [7, 11) is 2.35. The van der Waals surface area contributed by atoms with Crippen LogP contribution >= 0.6 is 0 Å². The van der Waals surface area contributed by atoms with Crippen LogP contribution in [0.2, 0.25) is 0 Å². The second-order valence-electron chi connectivity index (χ2n) is 6.22. The highest BCUT2D eigenvalue weighted by Gasteiger charge is 2.47. The monoisotopic (exact) mass is 232 g/mol. The van der Waals surface area contributed by atoms with Crippen molar-refractivity contribution in [2.45, 2.75) is 19.4 Å². The molecule has 2 N–H and O–H groups in total. The minimum Gasteiger partial charge on any atom is -0.337 e. The third-order valence-electron chi connectivity index (χ3n) is 4.69. The Morgan fingerprint density at radius 2 is 1.82 bits per heavy atom. The molecule has 2 heterocycles. The molecule has 2 aliphatic rings. The Labute approximate surface area is 104 Å². The summed E-state index contributed by atoms with van der Waals surface area (Å²) in [5.41, 5.74) is 2.19. The topological polar surface area (TPSA) is 8.88 Å². The predicted octanol–water partition coefficient (Wildman–Crippen LogP) is -0.620. The van der Waals surface area contributed by atoms with E-state index in [1.165, 1.54) is 51.1 Å². The predicted molar refractivity (Wildman–Crippen MR) is 69.1 cm³/mol. The lowest BCUT2D eigenvalue weighted by Crippen LogP contribution is -3.10. The van der Waals surface area contributed by atoms with Crippen LogP contribution in [-0.4, -0.2) is 33.2 Å². The van der Waals surface area contributed by atoms with Gasteiger partial charge in [0.25, 0.3) is 0 Å². The van der Waals surface area contributed by atoms with Crippen LogP contribution in [0.25, 0.3) is 0 Å². The second-order valence-corrected chi connectivity index (χ2v) is 6.22. The Balaban J connectivity index is 1.61. The maximum Gasteiger partial charge on any atom is 0.103 e. The van der Waals surface area contributed by atoms with Gasteiger partial charge < -0.3 is 9.80 Å². The molecule has 17 heavy (non-hydrogen) atoms. The van der Waals surface area contributed by atoms with Gasteiger partial charge in [-0.2, -0.15) is 0 Å². The summed E-state index contributed by atoms with van der Waals surface area (Å²) in [5.74, 6) is 0. The van der Waals surface area contributed by atoms with E-state index < -0.39 is 0 Å². The summed E-state index contributed by atoms with van der Waals surface area (Å²) in [4.78, 5) is 3.54. The fraction of sp³-hybridized carbons (Fsp3) is 0.600. The summed E-state index contributed by atoms with van der Waals surface area (Å²) < 4.78 is 0. The largest absolute Gasteiger partial charge is 0.337 e. The molecule has 2 heteroatoms. The van der Waals surface area contributed by atoms with Crippen LogP contribution in [0.5, 0.6) is 0 Å². The summed E-state index contributed by atoms with van der Waals surface area (Å²) in [6.07, 6.45) is 2.91. The normalized spacial score (nSPS) is 36.8. The van der Waals surface area contributed by atoms with E-state index in [-0.39, 0.29) is 0 Å². The molecule has 1 aromatic rings. The van der Waals surface area contributed by atoms with Crippen LogP contribution in [0.1, 0.15) is 18.4 Å². The number of benzene rings is 1. The van der Waals surface area contributed by atoms with Crippen LogP contribution in [0.15, 0.2) is 30.3 Å². The van der Waals surface area contributed by atoms with Gasteiger partial charge in [0.15, 0.2) is 0 Å². The van der Waals surface area contributed by atoms with Crippen LogP contribution < -0.4 is 9.80 Å². The molecule has 1 spiro atoms. The van der Waals surface area contributed by atoms with Crippen LogP contribution in [0, 0.1) is 5.41 Å². The highest BCUT2D eigenvalue weighted by atomic mass is 15.2. The van der Waals surface area contributed by atoms with E-state index in [4.69, 9.17) is 0 Å². The zero-order valence-electron chi connectivity index (χ0n) is 10.8. The van der Waals surface area contributed by atoms with Gasteiger partial charge in [0.2, 0.25) is 0 Å². The number of hydrogen-bond acceptors (Lipinski definition) is 0. The molecule has 0 radical (unpaired) electrons. The first-order chi connectivity index (χ1) is 8.26. The first kappa shape index (κ1) is 11.2. The molecule has 0 amide bonds. The number of rotatable bonds is 2. The average molecular weight is 232 g/mol. The maximum atomic E-state index is 2.35. The third-order valence-corrected chi connectivity index (χ3v) is 4.69. The van der Waals surface area contributed by atoms with Crippen LogP contribution in [0.4, 0.5) is 0 Å². The molecule has 2 nitrogen and oxygen atoms in total. The van der Waals surface area contributed by atoms with E-state index in [2.05, 4.69) is 37.4 Å². The molecule has 0 aliphatic carbocycles. The molecule has 92 valence electrons. The molecule has 1 aromatic carbocycles. The van der Waals surface area contributed by atoms with Crippen molar-refractivity contribution in [2.75, 3.05) is 33.2 Å². The van der Waals surface area contributed by atoms with Gasteiger partial charge in [0.05, 0.1) is 38.6 Å². The maximum absolute atomic E-state index is 2.35. The Morgan fingerprint density at radius 1 is 1.06 bits per heavy atom. The molecular weight excluding hydrogens is 208 g/mol. The van der Waals surface area contributed by atoms with E-state index >= 15 is 0 Å². The van der Waals surface area contributed by atoms with Crippen molar-refractivity contribution < 1.29 is 9.80 Å². The molecule has 2 unspecified atom stereocenters. The van der Waals surface area contributed by atoms with Gasteiger partial charge in [0.1, 0.15) is 6.54 Å². The van der Waals surface area contributed by atoms with Crippen molar-refractivity contribution in [2.24, 2.45) is 5.41 Å². The zero-order valence-corrected chi connectivity index (χ0v) is 10.8. The van der Waals surface area contributed by atoms with E-state index in [1.54, 1.807) is 9.80 Å². The van der Waals surface area contributed by atoms with Crippen molar-refractivity contribution in [1.29, 1.82) is 0 Å². The Morgan fingerprint density at radius 3 is 2.53 bits per heavy atom. The molecule has 3 rings (SSSR count). The number of hydrogen-bond donors (Lipinski definition) is 2. The number of nitrogens with one attached hydrogen (secondary N) is 2. The van der Waals surface area contributed by atoms with E-state index in [0.717, 1.165) is 0 Å². The highest BCUT2D eigenvalue weighted by Crippen LogP contribution is 2.27. The van der Waals surface area contributed by atoms with Crippen LogP contribution in [0.3, 0.4) is 0 Å². The lowest BCUT2D eigenvalue weighted by Gasteiger charge is -2.18. The molecule has 2 aliphatic heterocycles. The van der Waals surface area contributed by atoms with Gasteiger partial charge in [-0.1, -0.05) is 30.3 Å². The molecule has 2 saturated heterocycles. The van der Waals surface area contributed by atoms with Gasteiger partial charge >= 0.3 is 0 Å². The lowest BCUT2D eigenvalue weighted by molar-refractivity contribution is -0.908. The molecule has 3 atom stereocenters. The van der Waals surface area contributed by atoms with E-state index in [1.807, 2.05) is 0 Å². The molecule has 0 saturated carbocycles. The zero-order chi connectivity index (χ0) is 11.7. The third kappa shape index (κ3) is 2.38. The molecule has 2 fully saturated rings. The first-order valence-electron chi connectivity index (χ1n) is 6.95. The lowest BCUT2D eigenvalue weighted by atomic mass is 9.86. The van der Waals surface area contributed by atoms with Gasteiger partial charge in [0, 0.05) is 18.4 Å². The molecule has 0 aromatic heterocycles. The fourth-order valence-electron chi connectivity index (χ4n) is 3.84. The highest BCUT2D eigenvalue weighted by molar-refractivity contribution is 5.13. The second kappa shape index (κ2) is 4.43. The quantitative estimate of drug-likeness (QED) is 0.672. The Hall–Kier alpha value is -0.860. The number of quaternary nitrogens is 2. The smallest absolute Gasteiger partial charge is 0.103 e. The minimum atomic E-state index is 0.689. The van der Waals surface area contributed by atoms with Crippen molar-refractivity contribution in [1.82, 2.24) is 0 Å². The van der Waals surface area contributed by atoms with Gasteiger partial charge in [-0.05, 0) is 0 Å². The van der Waals surface area contributed by atoms with Crippen LogP contribution in [-0.2, 0) is 6.54 Å². The van der Waals surface area contributed by atoms with Crippen molar-refractivity contribution in [3.8, 4) is 0 Å². The summed E-state index contributed by atoms with van der Waals surface area (Å²) >= 11 is 0. The summed E-state index contributed by atoms with van der Waals surface area (Å²) in [5, 5.41) is 0. The minimum absolute atomic E-state index is 0.689. The van der Waals surface area contributed by atoms with Gasteiger partial charge in [-0.15, -0.1) is 0 Å². The van der Waals surface area contributed by atoms with Crippen molar-refractivity contribution >= 4 is 0 Å². The fourth-order valence-corrected chi connectivity index (χ4v) is 3.84.